The molecule has 0 aliphatic rings. The number of aryl methyl sites for hydroxylation is 1. The highest BCUT2D eigenvalue weighted by Crippen LogP contribution is 2.17. The first kappa shape index (κ1) is 7.54. The van der Waals surface area contributed by atoms with Crippen LogP contribution in [0.25, 0.3) is 5.65 Å². The predicted octanol–water partition coefficient (Wildman–Crippen LogP) is 1.09. The SMILES string of the molecule is Cc1[nH]n2c(=O)ccnc2c1Br. The van der Waals surface area contributed by atoms with E-state index in [4.69, 9.17) is 0 Å². The summed E-state index contributed by atoms with van der Waals surface area (Å²) in [4.78, 5) is 15.3. The molecule has 2 aromatic rings. The van der Waals surface area contributed by atoms with Crippen molar-refractivity contribution in [1.29, 1.82) is 0 Å². The van der Waals surface area contributed by atoms with E-state index in [0.29, 0.717) is 5.65 Å². The molecular weight excluding hydrogens is 222 g/mol. The first-order valence-electron chi connectivity index (χ1n) is 3.42. The van der Waals surface area contributed by atoms with Crippen LogP contribution in [-0.2, 0) is 0 Å². The number of halogens is 1. The van der Waals surface area contributed by atoms with Crippen LogP contribution in [-0.4, -0.2) is 14.6 Å². The lowest BCUT2D eigenvalue weighted by atomic mass is 10.5. The molecule has 5 heteroatoms. The van der Waals surface area contributed by atoms with Gasteiger partial charge in [0.1, 0.15) is 0 Å². The average Bonchev–Trinajstić information content (AvgIpc) is 2.32. The van der Waals surface area contributed by atoms with Crippen LogP contribution in [0.5, 0.6) is 0 Å². The number of fused-ring (bicyclic) bond motifs is 1. The Morgan fingerprint density at radius 2 is 2.42 bits per heavy atom. The van der Waals surface area contributed by atoms with E-state index < -0.39 is 0 Å². The van der Waals surface area contributed by atoms with Gasteiger partial charge >= 0.3 is 0 Å². The molecule has 0 bridgehead atoms. The fourth-order valence-corrected chi connectivity index (χ4v) is 1.42. The summed E-state index contributed by atoms with van der Waals surface area (Å²) in [6.45, 7) is 1.87. The Morgan fingerprint density at radius 1 is 1.67 bits per heavy atom. The molecule has 1 N–H and O–H groups in total. The molecule has 4 nitrogen and oxygen atoms in total. The smallest absolute Gasteiger partial charge is 0.272 e. The van der Waals surface area contributed by atoms with Crippen molar-refractivity contribution in [1.82, 2.24) is 14.6 Å². The number of hydrogen-bond acceptors (Lipinski definition) is 2. The molecule has 0 spiro atoms. The maximum Gasteiger partial charge on any atom is 0.272 e. The first-order chi connectivity index (χ1) is 5.70. The zero-order valence-corrected chi connectivity index (χ0v) is 7.92. The molecule has 12 heavy (non-hydrogen) atoms. The lowest BCUT2D eigenvalue weighted by Gasteiger charge is -1.88. The van der Waals surface area contributed by atoms with Gasteiger partial charge in [-0.25, -0.2) is 9.50 Å². The Bertz CT molecular complexity index is 485. The van der Waals surface area contributed by atoms with E-state index in [0.717, 1.165) is 10.2 Å². The highest BCUT2D eigenvalue weighted by Gasteiger charge is 2.06. The van der Waals surface area contributed by atoms with Crippen molar-refractivity contribution in [2.45, 2.75) is 6.92 Å². The number of hydrogen-bond donors (Lipinski definition) is 1. The van der Waals surface area contributed by atoms with Gasteiger partial charge in [0.2, 0.25) is 0 Å². The van der Waals surface area contributed by atoms with Gasteiger partial charge in [0.05, 0.1) is 4.47 Å². The lowest BCUT2D eigenvalue weighted by molar-refractivity contribution is 0.881. The fraction of sp³-hybridized carbons (Fsp3) is 0.143. The van der Waals surface area contributed by atoms with E-state index in [1.165, 1.54) is 16.8 Å². The number of rotatable bonds is 0. The van der Waals surface area contributed by atoms with E-state index in [1.807, 2.05) is 6.92 Å². The number of aromatic nitrogens is 3. The topological polar surface area (TPSA) is 50.2 Å². The van der Waals surface area contributed by atoms with Crippen LogP contribution in [0.2, 0.25) is 0 Å². The molecule has 0 aliphatic carbocycles. The summed E-state index contributed by atoms with van der Waals surface area (Å²) in [6.07, 6.45) is 1.50. The Morgan fingerprint density at radius 3 is 3.08 bits per heavy atom. The third-order valence-corrected chi connectivity index (χ3v) is 2.60. The van der Waals surface area contributed by atoms with Crippen LogP contribution >= 0.6 is 15.9 Å². The summed E-state index contributed by atoms with van der Waals surface area (Å²) in [5.74, 6) is 0. The molecule has 0 saturated carbocycles. The molecule has 62 valence electrons. The molecule has 0 aromatic carbocycles. The van der Waals surface area contributed by atoms with Crippen LogP contribution in [0.4, 0.5) is 0 Å². The maximum absolute atomic E-state index is 11.2. The van der Waals surface area contributed by atoms with Gasteiger partial charge in [-0.05, 0) is 22.9 Å². The minimum Gasteiger partial charge on any atom is -0.293 e. The summed E-state index contributed by atoms with van der Waals surface area (Å²) in [6, 6.07) is 1.41. The maximum atomic E-state index is 11.2. The molecule has 0 fully saturated rings. The Balaban J connectivity index is 3.05. The third-order valence-electron chi connectivity index (χ3n) is 1.65. The Kier molecular flexibility index (Phi) is 1.54. The second kappa shape index (κ2) is 2.45. The van der Waals surface area contributed by atoms with E-state index in [1.54, 1.807) is 0 Å². The van der Waals surface area contributed by atoms with Gasteiger partial charge < -0.3 is 0 Å². The van der Waals surface area contributed by atoms with Crippen molar-refractivity contribution < 1.29 is 0 Å². The van der Waals surface area contributed by atoms with Gasteiger partial charge in [0.15, 0.2) is 5.65 Å². The van der Waals surface area contributed by atoms with Crippen molar-refractivity contribution in [3.63, 3.8) is 0 Å². The van der Waals surface area contributed by atoms with Crippen molar-refractivity contribution in [2.24, 2.45) is 0 Å². The molecular formula is C7H6BrN3O. The van der Waals surface area contributed by atoms with Crippen LogP contribution in [0.3, 0.4) is 0 Å². The predicted molar refractivity (Wildman–Crippen MR) is 48.2 cm³/mol. The van der Waals surface area contributed by atoms with Gasteiger partial charge in [-0.15, -0.1) is 0 Å². The quantitative estimate of drug-likeness (QED) is 0.733. The van der Waals surface area contributed by atoms with Gasteiger partial charge in [0, 0.05) is 18.0 Å². The molecule has 0 amide bonds. The summed E-state index contributed by atoms with van der Waals surface area (Å²) < 4.78 is 2.24. The van der Waals surface area contributed by atoms with Gasteiger partial charge in [-0.1, -0.05) is 0 Å². The van der Waals surface area contributed by atoms with Crippen LogP contribution in [0.1, 0.15) is 5.69 Å². The van der Waals surface area contributed by atoms with Gasteiger partial charge in [0.25, 0.3) is 5.56 Å². The zero-order chi connectivity index (χ0) is 8.72. The molecule has 2 rings (SSSR count). The molecule has 0 aliphatic heterocycles. The monoisotopic (exact) mass is 227 g/mol. The molecule has 0 radical (unpaired) electrons. The number of H-pyrrole nitrogens is 1. The van der Waals surface area contributed by atoms with Crippen LogP contribution < -0.4 is 5.56 Å². The molecule has 0 atom stereocenters. The second-order valence-electron chi connectivity index (χ2n) is 2.49. The minimum absolute atomic E-state index is 0.103. The minimum atomic E-state index is -0.103. The second-order valence-corrected chi connectivity index (χ2v) is 3.29. The van der Waals surface area contributed by atoms with Crippen molar-refractivity contribution in [3.8, 4) is 0 Å². The van der Waals surface area contributed by atoms with Crippen LogP contribution in [0, 0.1) is 6.92 Å². The van der Waals surface area contributed by atoms with Gasteiger partial charge in [-0.3, -0.25) is 9.89 Å². The lowest BCUT2D eigenvalue weighted by Crippen LogP contribution is -2.12. The van der Waals surface area contributed by atoms with Crippen LogP contribution in [0.15, 0.2) is 21.5 Å². The zero-order valence-electron chi connectivity index (χ0n) is 6.34. The fourth-order valence-electron chi connectivity index (χ4n) is 1.06. The Hall–Kier alpha value is -1.10. The highest BCUT2D eigenvalue weighted by molar-refractivity contribution is 9.10. The number of nitrogens with zero attached hydrogens (tertiary/aromatic N) is 2. The van der Waals surface area contributed by atoms with Gasteiger partial charge in [-0.2, -0.15) is 0 Å². The summed E-state index contributed by atoms with van der Waals surface area (Å²) in [7, 11) is 0. The first-order valence-corrected chi connectivity index (χ1v) is 4.21. The van der Waals surface area contributed by atoms with Crippen molar-refractivity contribution in [3.05, 3.63) is 32.8 Å². The van der Waals surface area contributed by atoms with E-state index in [-0.39, 0.29) is 5.56 Å². The van der Waals surface area contributed by atoms with Crippen molar-refractivity contribution >= 4 is 21.6 Å². The third kappa shape index (κ3) is 0.896. The molecule has 2 aromatic heterocycles. The number of nitrogens with one attached hydrogen (secondary N) is 1. The molecule has 0 unspecified atom stereocenters. The summed E-state index contributed by atoms with van der Waals surface area (Å²) in [5.41, 5.74) is 1.42. The van der Waals surface area contributed by atoms with E-state index in [9.17, 15) is 4.79 Å². The van der Waals surface area contributed by atoms with E-state index in [2.05, 4.69) is 26.0 Å². The highest BCUT2D eigenvalue weighted by atomic mass is 79.9. The number of aromatic amines is 1. The summed E-state index contributed by atoms with van der Waals surface area (Å²) >= 11 is 3.33. The van der Waals surface area contributed by atoms with Crippen molar-refractivity contribution in [2.75, 3.05) is 0 Å². The Labute approximate surface area is 76.4 Å². The molecule has 0 saturated heterocycles. The molecule has 2 heterocycles. The average molecular weight is 228 g/mol. The largest absolute Gasteiger partial charge is 0.293 e. The normalized spacial score (nSPS) is 10.8. The van der Waals surface area contributed by atoms with E-state index >= 15 is 0 Å². The summed E-state index contributed by atoms with van der Waals surface area (Å²) in [5, 5.41) is 2.89. The standard InChI is InChI=1S/C7H6BrN3O/c1-4-6(8)7-9-3-2-5(12)11(7)10-4/h2-3,10H,1H3.